The average Bonchev–Trinajstić information content (AvgIpc) is 2.59. The number of hydrogen-bond donors (Lipinski definition) is 4. The zero-order valence-electron chi connectivity index (χ0n) is 12.5. The number of nitrogens with zero attached hydrogens (tertiary/aromatic N) is 1. The molecule has 10 heteroatoms. The third kappa shape index (κ3) is 3.55. The van der Waals surface area contributed by atoms with Crippen molar-refractivity contribution < 1.29 is 15.3 Å². The number of nitrogens with one attached hydrogen (secondary N) is 1. The first-order chi connectivity index (χ1) is 12.2. The molecule has 0 amide bonds. The highest BCUT2D eigenvalue weighted by Gasteiger charge is 2.14. The van der Waals surface area contributed by atoms with Gasteiger partial charge in [0.1, 0.15) is 23.0 Å². The highest BCUT2D eigenvalue weighted by Crippen LogP contribution is 2.37. The lowest BCUT2D eigenvalue weighted by Crippen LogP contribution is -2.12. The number of aromatic hydroxyl groups is 2. The number of aromatic amines is 1. The van der Waals surface area contributed by atoms with Crippen molar-refractivity contribution in [3.05, 3.63) is 57.7 Å². The SMILES string of the molecule is O=c1[nH]c2c(Br)c(O)c(Br)cc2nc1C=C(O)c1cc(Br)c(O)c(Br)c1. The lowest BCUT2D eigenvalue weighted by molar-refractivity contribution is 0.467. The first kappa shape index (κ1) is 19.4. The van der Waals surface area contributed by atoms with E-state index in [-0.39, 0.29) is 23.0 Å². The number of aromatic nitrogens is 2. The second-order valence-corrected chi connectivity index (χ2v) is 8.54. The van der Waals surface area contributed by atoms with Gasteiger partial charge in [-0.2, -0.15) is 0 Å². The minimum absolute atomic E-state index is 0.00210. The Morgan fingerprint density at radius 2 is 1.58 bits per heavy atom. The van der Waals surface area contributed by atoms with Gasteiger partial charge in [0, 0.05) is 11.6 Å². The number of phenolic OH excluding ortho intramolecular Hbond substituents is 2. The molecular weight excluding hydrogens is 604 g/mol. The second kappa shape index (κ2) is 7.34. The maximum atomic E-state index is 12.3. The Morgan fingerprint density at radius 3 is 2.19 bits per heavy atom. The number of halogens is 4. The van der Waals surface area contributed by atoms with Gasteiger partial charge in [-0.25, -0.2) is 4.98 Å². The summed E-state index contributed by atoms with van der Waals surface area (Å²) in [5, 5.41) is 30.0. The third-order valence-corrected chi connectivity index (χ3v) is 6.06. The van der Waals surface area contributed by atoms with Crippen molar-refractivity contribution >= 4 is 86.6 Å². The molecule has 0 radical (unpaired) electrons. The summed E-state index contributed by atoms with van der Waals surface area (Å²) in [5.74, 6) is -0.265. The number of phenols is 2. The number of hydrogen-bond acceptors (Lipinski definition) is 5. The molecule has 1 heterocycles. The molecule has 0 aliphatic heterocycles. The molecule has 0 aliphatic rings. The number of benzene rings is 2. The van der Waals surface area contributed by atoms with Gasteiger partial charge in [0.2, 0.25) is 0 Å². The fourth-order valence-electron chi connectivity index (χ4n) is 2.19. The van der Waals surface area contributed by atoms with E-state index in [1.54, 1.807) is 6.07 Å². The number of fused-ring (bicyclic) bond motifs is 1. The van der Waals surface area contributed by atoms with E-state index >= 15 is 0 Å². The van der Waals surface area contributed by atoms with E-state index in [1.807, 2.05) is 0 Å². The summed E-state index contributed by atoms with van der Waals surface area (Å²) in [6.45, 7) is 0. The van der Waals surface area contributed by atoms with Crippen LogP contribution in [0.3, 0.4) is 0 Å². The molecule has 4 N–H and O–H groups in total. The summed E-state index contributed by atoms with van der Waals surface area (Å²) < 4.78 is 1.47. The molecule has 134 valence electrons. The molecule has 0 fully saturated rings. The summed E-state index contributed by atoms with van der Waals surface area (Å²) in [4.78, 5) is 19.2. The van der Waals surface area contributed by atoms with Gasteiger partial charge >= 0.3 is 0 Å². The molecule has 3 aromatic rings. The molecule has 0 saturated heterocycles. The quantitative estimate of drug-likeness (QED) is 0.289. The third-order valence-electron chi connectivity index (χ3n) is 3.47. The van der Waals surface area contributed by atoms with Gasteiger partial charge in [-0.3, -0.25) is 4.79 Å². The molecule has 2 aromatic carbocycles. The Morgan fingerprint density at radius 1 is 1.00 bits per heavy atom. The standard InChI is InChI=1S/C16H8Br4N2O4/c17-6-1-5(2-7(18)14(6)24)11(23)4-10-16(26)22-13-9(21-10)3-8(19)15(25)12(13)20/h1-4,23-25H,(H,22,26). The molecule has 0 atom stereocenters. The molecule has 0 aliphatic carbocycles. The summed E-state index contributed by atoms with van der Waals surface area (Å²) in [7, 11) is 0. The molecule has 1 aromatic heterocycles. The Bertz CT molecular complexity index is 1120. The van der Waals surface area contributed by atoms with Gasteiger partial charge in [-0.05, 0) is 81.9 Å². The molecule has 0 bridgehead atoms. The average molecular weight is 612 g/mol. The van der Waals surface area contributed by atoms with Crippen LogP contribution in [0.4, 0.5) is 0 Å². The maximum absolute atomic E-state index is 12.3. The first-order valence-electron chi connectivity index (χ1n) is 6.89. The molecule has 26 heavy (non-hydrogen) atoms. The number of aliphatic hydroxyl groups excluding tert-OH is 1. The van der Waals surface area contributed by atoms with E-state index in [0.717, 1.165) is 0 Å². The topological polar surface area (TPSA) is 106 Å². The van der Waals surface area contributed by atoms with Crippen LogP contribution >= 0.6 is 63.7 Å². The summed E-state index contributed by atoms with van der Waals surface area (Å²) in [5.41, 5.74) is 0.565. The molecule has 3 rings (SSSR count). The number of aliphatic hydroxyl groups is 1. The first-order valence-corrected chi connectivity index (χ1v) is 10.1. The van der Waals surface area contributed by atoms with Crippen LogP contribution in [0.25, 0.3) is 22.9 Å². The van der Waals surface area contributed by atoms with Crippen LogP contribution in [-0.2, 0) is 0 Å². The van der Waals surface area contributed by atoms with E-state index in [4.69, 9.17) is 0 Å². The van der Waals surface area contributed by atoms with Crippen LogP contribution in [0.5, 0.6) is 11.5 Å². The van der Waals surface area contributed by atoms with Gasteiger partial charge in [0.05, 0.1) is 28.9 Å². The molecule has 0 spiro atoms. The lowest BCUT2D eigenvalue weighted by atomic mass is 10.1. The lowest BCUT2D eigenvalue weighted by Gasteiger charge is -2.07. The fraction of sp³-hybridized carbons (Fsp3) is 0. The van der Waals surface area contributed by atoms with Crippen LogP contribution in [0.15, 0.2) is 40.9 Å². The van der Waals surface area contributed by atoms with Crippen LogP contribution in [-0.4, -0.2) is 25.3 Å². The Kier molecular flexibility index (Phi) is 5.48. The van der Waals surface area contributed by atoms with E-state index in [1.165, 1.54) is 18.2 Å². The van der Waals surface area contributed by atoms with Crippen LogP contribution in [0, 0.1) is 0 Å². The molecular formula is C16H8Br4N2O4. The summed E-state index contributed by atoms with van der Waals surface area (Å²) >= 11 is 12.8. The van der Waals surface area contributed by atoms with Gasteiger partial charge in [-0.15, -0.1) is 0 Å². The van der Waals surface area contributed by atoms with Gasteiger partial charge in [0.15, 0.2) is 0 Å². The van der Waals surface area contributed by atoms with Crippen molar-refractivity contribution in [2.75, 3.05) is 0 Å². The minimum Gasteiger partial charge on any atom is -0.507 e. The van der Waals surface area contributed by atoms with Crippen molar-refractivity contribution in [2.24, 2.45) is 0 Å². The van der Waals surface area contributed by atoms with E-state index in [2.05, 4.69) is 73.7 Å². The summed E-state index contributed by atoms with van der Waals surface area (Å²) in [6.07, 6.45) is 1.22. The van der Waals surface area contributed by atoms with Crippen molar-refractivity contribution in [1.82, 2.24) is 9.97 Å². The zero-order valence-corrected chi connectivity index (χ0v) is 18.9. The summed E-state index contributed by atoms with van der Waals surface area (Å²) in [6, 6.07) is 4.56. The minimum atomic E-state index is -0.539. The van der Waals surface area contributed by atoms with Gasteiger partial charge < -0.3 is 20.3 Å². The Balaban J connectivity index is 2.16. The molecule has 6 nitrogen and oxygen atoms in total. The predicted octanol–water partition coefficient (Wildman–Crippen LogP) is 5.44. The zero-order chi connectivity index (χ0) is 19.2. The molecule has 0 saturated carbocycles. The second-order valence-electron chi connectivity index (χ2n) is 5.18. The van der Waals surface area contributed by atoms with Gasteiger partial charge in [-0.1, -0.05) is 0 Å². The monoisotopic (exact) mass is 608 g/mol. The smallest absolute Gasteiger partial charge is 0.274 e. The highest BCUT2D eigenvalue weighted by atomic mass is 79.9. The van der Waals surface area contributed by atoms with Gasteiger partial charge in [0.25, 0.3) is 5.56 Å². The van der Waals surface area contributed by atoms with Crippen molar-refractivity contribution in [1.29, 1.82) is 0 Å². The fourth-order valence-corrected chi connectivity index (χ4v) is 4.57. The largest absolute Gasteiger partial charge is 0.507 e. The van der Waals surface area contributed by atoms with Crippen LogP contribution < -0.4 is 5.56 Å². The Hall–Kier alpha value is -1.36. The molecule has 0 unspecified atom stereocenters. The van der Waals surface area contributed by atoms with Crippen LogP contribution in [0.1, 0.15) is 11.3 Å². The predicted molar refractivity (Wildman–Crippen MR) is 113 cm³/mol. The van der Waals surface area contributed by atoms with Crippen molar-refractivity contribution in [3.8, 4) is 11.5 Å². The van der Waals surface area contributed by atoms with Crippen LogP contribution in [0.2, 0.25) is 0 Å². The van der Waals surface area contributed by atoms with E-state index < -0.39 is 5.56 Å². The van der Waals surface area contributed by atoms with Crippen molar-refractivity contribution in [2.45, 2.75) is 0 Å². The normalized spacial score (nSPS) is 11.9. The number of rotatable bonds is 2. The maximum Gasteiger partial charge on any atom is 0.274 e. The highest BCUT2D eigenvalue weighted by molar-refractivity contribution is 9.11. The van der Waals surface area contributed by atoms with Crippen molar-refractivity contribution in [3.63, 3.8) is 0 Å². The van der Waals surface area contributed by atoms with E-state index in [9.17, 15) is 20.1 Å². The number of H-pyrrole nitrogens is 1. The Labute approximate surface area is 180 Å². The van der Waals surface area contributed by atoms with E-state index in [0.29, 0.717) is 34.5 Å².